The van der Waals surface area contributed by atoms with Crippen LogP contribution >= 0.6 is 0 Å². The van der Waals surface area contributed by atoms with E-state index < -0.39 is 11.9 Å². The number of nitrogens with one attached hydrogen (secondary N) is 1. The molecule has 0 saturated carbocycles. The van der Waals surface area contributed by atoms with Gasteiger partial charge in [0, 0.05) is 43.8 Å². The molecule has 3 rings (SSSR count). The molecule has 1 saturated heterocycles. The molecule has 7 nitrogen and oxygen atoms in total. The first-order chi connectivity index (χ1) is 14.6. The highest BCUT2D eigenvalue weighted by Crippen LogP contribution is 2.17. The number of rotatable bonds is 6. The summed E-state index contributed by atoms with van der Waals surface area (Å²) >= 11 is 0. The Balaban J connectivity index is 1.58. The second kappa shape index (κ2) is 10.1. The second-order valence-corrected chi connectivity index (χ2v) is 6.77. The summed E-state index contributed by atoms with van der Waals surface area (Å²) in [5, 5.41) is 12.1. The van der Waals surface area contributed by atoms with Gasteiger partial charge in [-0.25, -0.2) is 4.79 Å². The lowest BCUT2D eigenvalue weighted by molar-refractivity contribution is -0.112. The maximum absolute atomic E-state index is 12.5. The van der Waals surface area contributed by atoms with Crippen molar-refractivity contribution in [1.29, 1.82) is 5.26 Å². The summed E-state index contributed by atoms with van der Waals surface area (Å²) in [6.07, 6.45) is 1.62. The Morgan fingerprint density at radius 1 is 1.07 bits per heavy atom. The normalized spacial score (nSPS) is 14.1. The molecule has 2 aromatic carbocycles. The van der Waals surface area contributed by atoms with Crippen molar-refractivity contribution in [3.8, 4) is 6.07 Å². The van der Waals surface area contributed by atoms with Crippen molar-refractivity contribution >= 4 is 23.3 Å². The van der Waals surface area contributed by atoms with Crippen molar-refractivity contribution in [2.75, 3.05) is 43.0 Å². The zero-order chi connectivity index (χ0) is 21.3. The van der Waals surface area contributed by atoms with Crippen LogP contribution in [0, 0.1) is 11.3 Å². The fourth-order valence-corrected chi connectivity index (χ4v) is 3.17. The predicted molar refractivity (Wildman–Crippen MR) is 115 cm³/mol. The minimum absolute atomic E-state index is 0.0395. The molecule has 0 aromatic heterocycles. The van der Waals surface area contributed by atoms with Gasteiger partial charge in [-0.05, 0) is 43.3 Å². The SMILES string of the molecule is CCOC(=O)c1ccc(NC(=O)/C(C#N)=C\N2CCN(c3ccccc3)CC2)cc1. The Labute approximate surface area is 176 Å². The molecule has 154 valence electrons. The molecule has 1 aliphatic rings. The predicted octanol–water partition coefficient (Wildman–Crippen LogP) is 3.03. The third-order valence-electron chi connectivity index (χ3n) is 4.77. The van der Waals surface area contributed by atoms with E-state index in [4.69, 9.17) is 4.74 Å². The van der Waals surface area contributed by atoms with Gasteiger partial charge >= 0.3 is 5.97 Å². The van der Waals surface area contributed by atoms with Crippen LogP contribution in [0.5, 0.6) is 0 Å². The molecule has 0 atom stereocenters. The molecular formula is C23H24N4O3. The van der Waals surface area contributed by atoms with E-state index in [-0.39, 0.29) is 5.57 Å². The van der Waals surface area contributed by atoms with E-state index in [1.807, 2.05) is 29.2 Å². The highest BCUT2D eigenvalue weighted by atomic mass is 16.5. The quantitative estimate of drug-likeness (QED) is 0.453. The number of ether oxygens (including phenoxy) is 1. The average Bonchev–Trinajstić information content (AvgIpc) is 2.79. The second-order valence-electron chi connectivity index (χ2n) is 6.77. The standard InChI is InChI=1S/C23H24N4O3/c1-2-30-23(29)18-8-10-20(11-9-18)25-22(28)19(16-24)17-26-12-14-27(15-13-26)21-6-4-3-5-7-21/h3-11,17H,2,12-15H2,1H3,(H,25,28)/b19-17-. The van der Waals surface area contributed by atoms with Gasteiger partial charge in [-0.1, -0.05) is 18.2 Å². The molecule has 0 radical (unpaired) electrons. The Hall–Kier alpha value is -3.79. The van der Waals surface area contributed by atoms with Crippen LogP contribution in [-0.4, -0.2) is 49.6 Å². The summed E-state index contributed by atoms with van der Waals surface area (Å²) in [6, 6.07) is 18.5. The van der Waals surface area contributed by atoms with Crippen LogP contribution in [0.1, 0.15) is 17.3 Å². The topological polar surface area (TPSA) is 85.7 Å². The molecule has 0 bridgehead atoms. The van der Waals surface area contributed by atoms with Crippen LogP contribution in [0.2, 0.25) is 0 Å². The molecule has 1 heterocycles. The highest BCUT2D eigenvalue weighted by molar-refractivity contribution is 6.06. The van der Waals surface area contributed by atoms with Crippen LogP contribution < -0.4 is 10.2 Å². The van der Waals surface area contributed by atoms with Crippen LogP contribution in [0.3, 0.4) is 0 Å². The van der Waals surface area contributed by atoms with Crippen molar-refractivity contribution in [2.24, 2.45) is 0 Å². The van der Waals surface area contributed by atoms with Crippen LogP contribution in [0.15, 0.2) is 66.4 Å². The van der Waals surface area contributed by atoms with Gasteiger partial charge in [-0.15, -0.1) is 0 Å². The summed E-state index contributed by atoms with van der Waals surface area (Å²) in [4.78, 5) is 28.5. The summed E-state index contributed by atoms with van der Waals surface area (Å²) in [5.41, 5.74) is 2.12. The van der Waals surface area contributed by atoms with Gasteiger partial charge < -0.3 is 19.9 Å². The van der Waals surface area contributed by atoms with E-state index in [0.717, 1.165) is 26.2 Å². The zero-order valence-electron chi connectivity index (χ0n) is 16.9. The van der Waals surface area contributed by atoms with E-state index in [1.165, 1.54) is 5.69 Å². The van der Waals surface area contributed by atoms with Gasteiger partial charge in [-0.2, -0.15) is 5.26 Å². The first kappa shape index (κ1) is 20.9. The maximum atomic E-state index is 12.5. The summed E-state index contributed by atoms with van der Waals surface area (Å²) in [5.74, 6) is -0.894. The van der Waals surface area contributed by atoms with Crippen LogP contribution in [0.4, 0.5) is 11.4 Å². The fourth-order valence-electron chi connectivity index (χ4n) is 3.17. The zero-order valence-corrected chi connectivity index (χ0v) is 16.9. The van der Waals surface area contributed by atoms with Crippen molar-refractivity contribution in [3.63, 3.8) is 0 Å². The Morgan fingerprint density at radius 3 is 2.33 bits per heavy atom. The summed E-state index contributed by atoms with van der Waals surface area (Å²) < 4.78 is 4.94. The van der Waals surface area contributed by atoms with Gasteiger partial charge in [0.25, 0.3) is 5.91 Å². The van der Waals surface area contributed by atoms with Gasteiger partial charge in [0.2, 0.25) is 0 Å². The Morgan fingerprint density at radius 2 is 1.73 bits per heavy atom. The number of esters is 1. The van der Waals surface area contributed by atoms with E-state index >= 15 is 0 Å². The van der Waals surface area contributed by atoms with Gasteiger partial charge in [-0.3, -0.25) is 4.79 Å². The maximum Gasteiger partial charge on any atom is 0.338 e. The number of piperazine rings is 1. The first-order valence-electron chi connectivity index (χ1n) is 9.85. The average molecular weight is 404 g/mol. The third kappa shape index (κ3) is 5.39. The molecule has 0 spiro atoms. The molecule has 2 aromatic rings. The van der Waals surface area contributed by atoms with Crippen LogP contribution in [-0.2, 0) is 9.53 Å². The lowest BCUT2D eigenvalue weighted by Gasteiger charge is -2.35. The van der Waals surface area contributed by atoms with Gasteiger partial charge in [0.15, 0.2) is 0 Å². The van der Waals surface area contributed by atoms with E-state index in [2.05, 4.69) is 22.3 Å². The molecule has 0 unspecified atom stereocenters. The first-order valence-corrected chi connectivity index (χ1v) is 9.85. The molecule has 0 aliphatic carbocycles. The number of nitrogens with zero attached hydrogens (tertiary/aromatic N) is 3. The number of amides is 1. The van der Waals surface area contributed by atoms with Crippen molar-refractivity contribution in [1.82, 2.24) is 4.90 Å². The summed E-state index contributed by atoms with van der Waals surface area (Å²) in [6.45, 7) is 5.12. The molecule has 30 heavy (non-hydrogen) atoms. The number of hydrogen-bond donors (Lipinski definition) is 1. The minimum atomic E-state index is -0.480. The number of hydrogen-bond acceptors (Lipinski definition) is 6. The van der Waals surface area contributed by atoms with Gasteiger partial charge in [0.05, 0.1) is 12.2 Å². The summed E-state index contributed by atoms with van der Waals surface area (Å²) in [7, 11) is 0. The Bertz CT molecular complexity index is 941. The number of para-hydroxylation sites is 1. The molecule has 1 amide bonds. The monoisotopic (exact) mass is 404 g/mol. The third-order valence-corrected chi connectivity index (χ3v) is 4.77. The molecule has 1 aliphatic heterocycles. The van der Waals surface area contributed by atoms with Crippen LogP contribution in [0.25, 0.3) is 0 Å². The van der Waals surface area contributed by atoms with E-state index in [9.17, 15) is 14.9 Å². The largest absolute Gasteiger partial charge is 0.462 e. The minimum Gasteiger partial charge on any atom is -0.462 e. The lowest BCUT2D eigenvalue weighted by atomic mass is 10.2. The molecular weight excluding hydrogens is 380 g/mol. The smallest absolute Gasteiger partial charge is 0.338 e. The number of nitriles is 1. The van der Waals surface area contributed by atoms with Gasteiger partial charge in [0.1, 0.15) is 11.6 Å². The Kier molecular flexibility index (Phi) is 7.06. The van der Waals surface area contributed by atoms with Crippen molar-refractivity contribution < 1.29 is 14.3 Å². The number of benzene rings is 2. The molecule has 1 fully saturated rings. The fraction of sp³-hybridized carbons (Fsp3) is 0.261. The van der Waals surface area contributed by atoms with Crippen molar-refractivity contribution in [3.05, 3.63) is 71.9 Å². The molecule has 7 heteroatoms. The van der Waals surface area contributed by atoms with Crippen molar-refractivity contribution in [2.45, 2.75) is 6.92 Å². The highest BCUT2D eigenvalue weighted by Gasteiger charge is 2.18. The number of carbonyl (C=O) groups excluding carboxylic acids is 2. The van der Waals surface area contributed by atoms with E-state index in [1.54, 1.807) is 37.4 Å². The van der Waals surface area contributed by atoms with E-state index in [0.29, 0.717) is 17.9 Å². The molecule has 1 N–H and O–H groups in total. The lowest BCUT2D eigenvalue weighted by Crippen LogP contribution is -2.44. The number of anilines is 2. The number of carbonyl (C=O) groups is 2.